The lowest BCUT2D eigenvalue weighted by Gasteiger charge is -2.18. The number of carboxylic acid groups (broad SMARTS) is 1. The first-order valence-electron chi connectivity index (χ1n) is 20.9. The van der Waals surface area contributed by atoms with Gasteiger partial charge in [0, 0.05) is 12.8 Å². The van der Waals surface area contributed by atoms with E-state index in [4.69, 9.17) is 14.9 Å². The van der Waals surface area contributed by atoms with Crippen molar-refractivity contribution >= 4 is 23.8 Å². The number of hydrogen-bond acceptors (Lipinski definition) is 6. The van der Waals surface area contributed by atoms with Crippen molar-refractivity contribution in [2.24, 2.45) is 0 Å². The number of carbonyl (C=O) groups excluding carboxylic acids is 3. The van der Waals surface area contributed by atoms with E-state index in [1.165, 1.54) is 128 Å². The summed E-state index contributed by atoms with van der Waals surface area (Å²) >= 11 is 0. The minimum atomic E-state index is -1.39. The number of aliphatic carboxylic acids is 1. The SMILES string of the molecule is CCCCCCCCCCCCCCCCCCCCCCCCC(=O)OC(CCCC)CCCCCC(=O)NCC(=O)NC(CO)C(=O)O. The molecule has 2 unspecified atom stereocenters. The minimum Gasteiger partial charge on any atom is -0.480 e. The van der Waals surface area contributed by atoms with Crippen molar-refractivity contribution in [2.45, 2.75) is 225 Å². The number of aliphatic hydroxyl groups is 1. The Morgan fingerprint density at radius 2 is 0.920 bits per heavy atom. The zero-order valence-electron chi connectivity index (χ0n) is 32.4. The van der Waals surface area contributed by atoms with Crippen LogP contribution >= 0.6 is 0 Å². The summed E-state index contributed by atoms with van der Waals surface area (Å²) in [6.07, 6.45) is 36.4. The van der Waals surface area contributed by atoms with Gasteiger partial charge in [0.2, 0.25) is 11.8 Å². The molecule has 0 saturated heterocycles. The first-order chi connectivity index (χ1) is 24.3. The van der Waals surface area contributed by atoms with Crippen molar-refractivity contribution in [3.05, 3.63) is 0 Å². The lowest BCUT2D eigenvalue weighted by Crippen LogP contribution is -2.47. The van der Waals surface area contributed by atoms with Gasteiger partial charge in [0.05, 0.1) is 13.2 Å². The number of hydrogen-bond donors (Lipinski definition) is 4. The van der Waals surface area contributed by atoms with E-state index in [2.05, 4.69) is 24.5 Å². The molecule has 0 aliphatic rings. The van der Waals surface area contributed by atoms with E-state index >= 15 is 0 Å². The summed E-state index contributed by atoms with van der Waals surface area (Å²) in [6.45, 7) is 3.36. The molecule has 0 bridgehead atoms. The molecule has 0 rings (SSSR count). The molecule has 50 heavy (non-hydrogen) atoms. The molecule has 2 atom stereocenters. The Bertz CT molecular complexity index is 823. The molecule has 9 nitrogen and oxygen atoms in total. The second-order valence-electron chi connectivity index (χ2n) is 14.4. The average molecular weight is 711 g/mol. The minimum absolute atomic E-state index is 0.0756. The van der Waals surface area contributed by atoms with E-state index in [9.17, 15) is 19.2 Å². The Hall–Kier alpha value is -2.16. The Morgan fingerprint density at radius 3 is 1.36 bits per heavy atom. The van der Waals surface area contributed by atoms with Gasteiger partial charge in [-0.2, -0.15) is 0 Å². The molecule has 0 aliphatic carbocycles. The molecule has 0 aromatic rings. The number of nitrogens with one attached hydrogen (secondary N) is 2. The van der Waals surface area contributed by atoms with Crippen LogP contribution in [0.2, 0.25) is 0 Å². The van der Waals surface area contributed by atoms with Gasteiger partial charge in [-0.25, -0.2) is 4.79 Å². The zero-order valence-corrected chi connectivity index (χ0v) is 32.4. The van der Waals surface area contributed by atoms with E-state index in [1.807, 2.05) is 0 Å². The monoisotopic (exact) mass is 711 g/mol. The van der Waals surface area contributed by atoms with Gasteiger partial charge in [0.1, 0.15) is 12.1 Å². The van der Waals surface area contributed by atoms with Crippen LogP contribution in [-0.4, -0.2) is 59.3 Å². The Balaban J connectivity index is 3.71. The Labute approximate surface area is 306 Å². The van der Waals surface area contributed by atoms with Crippen molar-refractivity contribution in [3.8, 4) is 0 Å². The van der Waals surface area contributed by atoms with Gasteiger partial charge in [-0.1, -0.05) is 168 Å². The van der Waals surface area contributed by atoms with Crippen LogP contribution in [0.5, 0.6) is 0 Å². The summed E-state index contributed by atoms with van der Waals surface area (Å²) in [6, 6.07) is -1.39. The van der Waals surface area contributed by atoms with Crippen molar-refractivity contribution in [2.75, 3.05) is 13.2 Å². The van der Waals surface area contributed by atoms with E-state index in [0.717, 1.165) is 51.4 Å². The Kier molecular flexibility index (Phi) is 35.0. The number of esters is 1. The molecular weight excluding hydrogens is 632 g/mol. The molecule has 0 saturated carbocycles. The molecule has 0 spiro atoms. The lowest BCUT2D eigenvalue weighted by atomic mass is 10.0. The van der Waals surface area contributed by atoms with Crippen LogP contribution in [0.4, 0.5) is 0 Å². The van der Waals surface area contributed by atoms with E-state index < -0.39 is 24.5 Å². The van der Waals surface area contributed by atoms with Gasteiger partial charge >= 0.3 is 11.9 Å². The second kappa shape index (κ2) is 36.6. The molecular formula is C41H78N2O7. The summed E-state index contributed by atoms with van der Waals surface area (Å²) in [5.74, 6) is -2.38. The molecule has 0 aliphatic heterocycles. The quantitative estimate of drug-likeness (QED) is 0.0369. The summed E-state index contributed by atoms with van der Waals surface area (Å²) in [5.41, 5.74) is 0. The van der Waals surface area contributed by atoms with Gasteiger partial charge in [-0.15, -0.1) is 0 Å². The zero-order chi connectivity index (χ0) is 36.9. The second-order valence-corrected chi connectivity index (χ2v) is 14.4. The van der Waals surface area contributed by atoms with Crippen molar-refractivity contribution < 1.29 is 34.1 Å². The summed E-state index contributed by atoms with van der Waals surface area (Å²) < 4.78 is 5.83. The van der Waals surface area contributed by atoms with Crippen molar-refractivity contribution in [1.29, 1.82) is 0 Å². The number of amides is 2. The predicted molar refractivity (Wildman–Crippen MR) is 204 cm³/mol. The maximum Gasteiger partial charge on any atom is 0.328 e. The van der Waals surface area contributed by atoms with Crippen LogP contribution < -0.4 is 10.6 Å². The largest absolute Gasteiger partial charge is 0.480 e. The third kappa shape index (κ3) is 33.0. The van der Waals surface area contributed by atoms with E-state index in [1.54, 1.807) is 0 Å². The van der Waals surface area contributed by atoms with Gasteiger partial charge < -0.3 is 25.6 Å². The van der Waals surface area contributed by atoms with Gasteiger partial charge in [0.15, 0.2) is 0 Å². The van der Waals surface area contributed by atoms with E-state index in [-0.39, 0.29) is 30.9 Å². The topological polar surface area (TPSA) is 142 Å². The number of ether oxygens (including phenoxy) is 1. The number of carbonyl (C=O) groups is 4. The van der Waals surface area contributed by atoms with Gasteiger partial charge in [0.25, 0.3) is 0 Å². The number of unbranched alkanes of at least 4 members (excludes halogenated alkanes) is 24. The fraction of sp³-hybridized carbons (Fsp3) is 0.902. The summed E-state index contributed by atoms with van der Waals surface area (Å²) in [4.78, 5) is 47.1. The molecule has 0 aromatic heterocycles. The standard InChI is InChI=1S/C41H78N2O7/c1-3-5-7-8-9-10-11-12-13-14-15-16-17-18-19-20-21-22-23-24-25-29-33-40(47)50-36(30-6-4-2)31-27-26-28-32-38(45)42-34-39(46)43-37(35-44)41(48)49/h36-37,44H,3-35H2,1-2H3,(H,42,45)(H,43,46)(H,48,49). The van der Waals surface area contributed by atoms with Crippen LogP contribution in [0.1, 0.15) is 213 Å². The van der Waals surface area contributed by atoms with Crippen molar-refractivity contribution in [1.82, 2.24) is 10.6 Å². The van der Waals surface area contributed by atoms with E-state index in [0.29, 0.717) is 12.8 Å². The van der Waals surface area contributed by atoms with Crippen LogP contribution in [0.15, 0.2) is 0 Å². The molecule has 2 amide bonds. The summed E-state index contributed by atoms with van der Waals surface area (Å²) in [5, 5.41) is 22.4. The van der Waals surface area contributed by atoms with Crippen molar-refractivity contribution in [3.63, 3.8) is 0 Å². The highest BCUT2D eigenvalue weighted by molar-refractivity contribution is 5.87. The predicted octanol–water partition coefficient (Wildman–Crippen LogP) is 9.71. The van der Waals surface area contributed by atoms with Crippen LogP contribution in [-0.2, 0) is 23.9 Å². The molecule has 0 aromatic carbocycles. The highest BCUT2D eigenvalue weighted by Crippen LogP contribution is 2.18. The van der Waals surface area contributed by atoms with Gasteiger partial charge in [-0.05, 0) is 32.1 Å². The number of carboxylic acids is 1. The summed E-state index contributed by atoms with van der Waals surface area (Å²) in [7, 11) is 0. The highest BCUT2D eigenvalue weighted by Gasteiger charge is 2.19. The highest BCUT2D eigenvalue weighted by atomic mass is 16.5. The lowest BCUT2D eigenvalue weighted by molar-refractivity contribution is -0.150. The van der Waals surface area contributed by atoms with Crippen LogP contribution in [0.25, 0.3) is 0 Å². The van der Waals surface area contributed by atoms with Crippen LogP contribution in [0.3, 0.4) is 0 Å². The molecule has 0 radical (unpaired) electrons. The number of aliphatic hydroxyl groups excluding tert-OH is 1. The first kappa shape index (κ1) is 47.8. The third-order valence-corrected chi connectivity index (χ3v) is 9.60. The first-order valence-corrected chi connectivity index (χ1v) is 20.9. The average Bonchev–Trinajstić information content (AvgIpc) is 3.10. The number of rotatable bonds is 38. The Morgan fingerprint density at radius 1 is 0.520 bits per heavy atom. The molecule has 4 N–H and O–H groups in total. The maximum atomic E-state index is 12.5. The fourth-order valence-corrected chi connectivity index (χ4v) is 6.35. The maximum absolute atomic E-state index is 12.5. The van der Waals surface area contributed by atoms with Crippen LogP contribution in [0, 0.1) is 0 Å². The smallest absolute Gasteiger partial charge is 0.328 e. The van der Waals surface area contributed by atoms with Gasteiger partial charge in [-0.3, -0.25) is 14.4 Å². The molecule has 294 valence electrons. The fourth-order valence-electron chi connectivity index (χ4n) is 6.35. The molecule has 0 heterocycles. The molecule has 0 fully saturated rings. The normalized spacial score (nSPS) is 12.4. The molecule has 9 heteroatoms. The third-order valence-electron chi connectivity index (χ3n) is 9.60.